The third kappa shape index (κ3) is 4.12. The number of benzene rings is 2. The molecule has 2 aromatic carbocycles. The van der Waals surface area contributed by atoms with Gasteiger partial charge in [0.15, 0.2) is 0 Å². The summed E-state index contributed by atoms with van der Waals surface area (Å²) in [6, 6.07) is 13.8. The molecule has 158 valence electrons. The molecule has 4 aromatic rings. The van der Waals surface area contributed by atoms with E-state index < -0.39 is 0 Å². The van der Waals surface area contributed by atoms with Crippen molar-refractivity contribution in [2.45, 2.75) is 0 Å². The van der Waals surface area contributed by atoms with E-state index in [2.05, 4.69) is 54.2 Å². The molecule has 0 amide bonds. The second kappa shape index (κ2) is 8.05. The van der Waals surface area contributed by atoms with Crippen LogP contribution in [-0.2, 0) is 0 Å². The number of aromatic nitrogens is 4. The Labute approximate surface area is 183 Å². The highest BCUT2D eigenvalue weighted by molar-refractivity contribution is 6.33. The summed E-state index contributed by atoms with van der Waals surface area (Å²) >= 11 is 6.37. The monoisotopic (exact) mass is 435 g/mol. The summed E-state index contributed by atoms with van der Waals surface area (Å²) in [5.74, 6) is 0.453. The lowest BCUT2D eigenvalue weighted by molar-refractivity contribution is 0.313. The summed E-state index contributed by atoms with van der Waals surface area (Å²) in [7, 11) is 2.15. The molecule has 0 aliphatic carbocycles. The van der Waals surface area contributed by atoms with E-state index in [1.165, 1.54) is 5.69 Å². The van der Waals surface area contributed by atoms with Gasteiger partial charge in [0.2, 0.25) is 5.95 Å². The van der Waals surface area contributed by atoms with Crippen LogP contribution in [0.3, 0.4) is 0 Å². The molecular formula is C22H22ClN7O. The lowest BCUT2D eigenvalue weighted by Crippen LogP contribution is -2.44. The van der Waals surface area contributed by atoms with E-state index in [1.807, 2.05) is 30.3 Å². The van der Waals surface area contributed by atoms with Gasteiger partial charge in [0.1, 0.15) is 0 Å². The Bertz CT molecular complexity index is 1270. The maximum Gasteiger partial charge on any atom is 0.323 e. The smallest absolute Gasteiger partial charge is 0.323 e. The van der Waals surface area contributed by atoms with Gasteiger partial charge in [-0.15, -0.1) is 0 Å². The zero-order valence-electron chi connectivity index (χ0n) is 17.0. The van der Waals surface area contributed by atoms with Crippen LogP contribution in [0, 0.1) is 0 Å². The van der Waals surface area contributed by atoms with E-state index in [9.17, 15) is 4.79 Å². The van der Waals surface area contributed by atoms with Gasteiger partial charge >= 0.3 is 5.69 Å². The van der Waals surface area contributed by atoms with E-state index in [-0.39, 0.29) is 5.69 Å². The van der Waals surface area contributed by atoms with Gasteiger partial charge in [-0.25, -0.2) is 14.8 Å². The van der Waals surface area contributed by atoms with E-state index in [1.54, 1.807) is 6.20 Å². The molecule has 0 radical (unpaired) electrons. The van der Waals surface area contributed by atoms with Gasteiger partial charge in [-0.05, 0) is 43.4 Å². The summed E-state index contributed by atoms with van der Waals surface area (Å²) in [5.41, 5.74) is 4.69. The molecule has 1 fully saturated rings. The minimum atomic E-state index is -0.247. The summed E-state index contributed by atoms with van der Waals surface area (Å²) in [5, 5.41) is 3.69. The molecule has 0 atom stereocenters. The lowest BCUT2D eigenvalue weighted by Gasteiger charge is -2.34. The van der Waals surface area contributed by atoms with Gasteiger partial charge in [-0.1, -0.05) is 17.7 Å². The SMILES string of the molecule is CN1CCN(c2ccc(Nc3ncc(Cl)c(-c4ccc5[nH]c(=O)[nH]c5c4)n3)cc2)CC1. The second-order valence-corrected chi connectivity index (χ2v) is 8.10. The van der Waals surface area contributed by atoms with Crippen LogP contribution in [0.1, 0.15) is 0 Å². The van der Waals surface area contributed by atoms with Crippen LogP contribution in [0.2, 0.25) is 5.02 Å². The maximum absolute atomic E-state index is 11.5. The fourth-order valence-electron chi connectivity index (χ4n) is 3.76. The van der Waals surface area contributed by atoms with Gasteiger partial charge in [0.05, 0.1) is 27.9 Å². The van der Waals surface area contributed by atoms with Gasteiger partial charge in [-0.3, -0.25) is 0 Å². The first-order valence-electron chi connectivity index (χ1n) is 10.1. The van der Waals surface area contributed by atoms with Crippen LogP contribution in [0.5, 0.6) is 0 Å². The number of piperazine rings is 1. The van der Waals surface area contributed by atoms with Crippen molar-refractivity contribution in [2.75, 3.05) is 43.4 Å². The van der Waals surface area contributed by atoms with Crippen molar-refractivity contribution in [1.82, 2.24) is 24.8 Å². The molecule has 3 N–H and O–H groups in total. The molecule has 9 heteroatoms. The number of nitrogens with zero attached hydrogens (tertiary/aromatic N) is 4. The summed E-state index contributed by atoms with van der Waals surface area (Å²) < 4.78 is 0. The van der Waals surface area contributed by atoms with E-state index >= 15 is 0 Å². The predicted molar refractivity (Wildman–Crippen MR) is 124 cm³/mol. The van der Waals surface area contributed by atoms with E-state index in [4.69, 9.17) is 11.6 Å². The van der Waals surface area contributed by atoms with Crippen molar-refractivity contribution in [2.24, 2.45) is 0 Å². The quantitative estimate of drug-likeness (QED) is 0.454. The van der Waals surface area contributed by atoms with Crippen LogP contribution in [-0.4, -0.2) is 58.1 Å². The number of aromatic amines is 2. The van der Waals surface area contributed by atoms with Crippen LogP contribution < -0.4 is 15.9 Å². The first-order chi connectivity index (χ1) is 15.0. The Morgan fingerprint density at radius 2 is 1.74 bits per heavy atom. The third-order valence-electron chi connectivity index (χ3n) is 5.53. The molecule has 1 aliphatic rings. The fraction of sp³-hybridized carbons (Fsp3) is 0.227. The molecule has 5 rings (SSSR count). The number of nitrogens with one attached hydrogen (secondary N) is 3. The molecule has 2 aromatic heterocycles. The number of hydrogen-bond acceptors (Lipinski definition) is 6. The van der Waals surface area contributed by atoms with Crippen molar-refractivity contribution in [3.63, 3.8) is 0 Å². The highest BCUT2D eigenvalue weighted by Crippen LogP contribution is 2.29. The number of hydrogen-bond donors (Lipinski definition) is 3. The summed E-state index contributed by atoms with van der Waals surface area (Å²) in [6.45, 7) is 4.21. The number of fused-ring (bicyclic) bond motifs is 1. The van der Waals surface area contributed by atoms with Gasteiger partial charge in [-0.2, -0.15) is 0 Å². The van der Waals surface area contributed by atoms with Crippen LogP contribution in [0.15, 0.2) is 53.5 Å². The summed E-state index contributed by atoms with van der Waals surface area (Å²) in [6.07, 6.45) is 1.58. The normalized spacial score (nSPS) is 14.8. The number of likely N-dealkylation sites (N-methyl/N-ethyl adjacent to an activating group) is 1. The largest absolute Gasteiger partial charge is 0.369 e. The zero-order valence-corrected chi connectivity index (χ0v) is 17.8. The minimum absolute atomic E-state index is 0.247. The average Bonchev–Trinajstić information content (AvgIpc) is 3.15. The molecule has 0 unspecified atom stereocenters. The van der Waals surface area contributed by atoms with Crippen molar-refractivity contribution in [1.29, 1.82) is 0 Å². The molecule has 0 saturated carbocycles. The average molecular weight is 436 g/mol. The fourth-order valence-corrected chi connectivity index (χ4v) is 3.96. The highest BCUT2D eigenvalue weighted by Gasteiger charge is 2.14. The van der Waals surface area contributed by atoms with Crippen molar-refractivity contribution >= 4 is 40.0 Å². The zero-order chi connectivity index (χ0) is 21.4. The Morgan fingerprint density at radius 3 is 2.52 bits per heavy atom. The molecule has 8 nitrogen and oxygen atoms in total. The molecule has 1 saturated heterocycles. The number of halogens is 1. The maximum atomic E-state index is 11.5. The second-order valence-electron chi connectivity index (χ2n) is 7.69. The highest BCUT2D eigenvalue weighted by atomic mass is 35.5. The predicted octanol–water partition coefficient (Wildman–Crippen LogP) is 3.46. The Morgan fingerprint density at radius 1 is 1.00 bits per heavy atom. The first kappa shape index (κ1) is 19.6. The van der Waals surface area contributed by atoms with Crippen molar-refractivity contribution < 1.29 is 0 Å². The minimum Gasteiger partial charge on any atom is -0.369 e. The van der Waals surface area contributed by atoms with E-state index in [0.29, 0.717) is 22.2 Å². The van der Waals surface area contributed by atoms with Crippen LogP contribution >= 0.6 is 11.6 Å². The van der Waals surface area contributed by atoms with Gasteiger partial charge in [0.25, 0.3) is 0 Å². The van der Waals surface area contributed by atoms with Crippen LogP contribution in [0.4, 0.5) is 17.3 Å². The number of rotatable bonds is 4. The number of anilines is 3. The third-order valence-corrected chi connectivity index (χ3v) is 5.80. The molecule has 3 heterocycles. The van der Waals surface area contributed by atoms with Crippen molar-refractivity contribution in [3.8, 4) is 11.3 Å². The number of H-pyrrole nitrogens is 2. The van der Waals surface area contributed by atoms with Crippen LogP contribution in [0.25, 0.3) is 22.3 Å². The molecular weight excluding hydrogens is 414 g/mol. The first-order valence-corrected chi connectivity index (χ1v) is 10.5. The van der Waals surface area contributed by atoms with Gasteiger partial charge < -0.3 is 25.1 Å². The summed E-state index contributed by atoms with van der Waals surface area (Å²) in [4.78, 5) is 30.7. The topological polar surface area (TPSA) is 92.9 Å². The molecule has 0 bridgehead atoms. The molecule has 1 aliphatic heterocycles. The Kier molecular flexibility index (Phi) is 5.09. The standard InChI is InChI=1S/C22H22ClN7O/c1-29-8-10-30(11-9-29)16-5-3-15(4-6-16)25-21-24-13-17(23)20(28-21)14-2-7-18-19(12-14)27-22(31)26-18/h2-7,12-13H,8-11H2,1H3,(H,24,25,28)(H2,26,27,31). The Balaban J connectivity index is 1.36. The molecule has 31 heavy (non-hydrogen) atoms. The van der Waals surface area contributed by atoms with Crippen molar-refractivity contribution in [3.05, 3.63) is 64.2 Å². The molecule has 0 spiro atoms. The Hall–Kier alpha value is -3.36. The van der Waals surface area contributed by atoms with Gasteiger partial charge in [0, 0.05) is 43.1 Å². The number of imidazole rings is 1. The van der Waals surface area contributed by atoms with E-state index in [0.717, 1.165) is 42.9 Å². The lowest BCUT2D eigenvalue weighted by atomic mass is 10.1.